The first-order valence-corrected chi connectivity index (χ1v) is 6.10. The second-order valence-electron chi connectivity index (χ2n) is 4.78. The van der Waals surface area contributed by atoms with Crippen molar-refractivity contribution in [2.75, 3.05) is 25.0 Å². The number of amides is 2. The predicted octanol–water partition coefficient (Wildman–Crippen LogP) is 0.623. The lowest BCUT2D eigenvalue weighted by Gasteiger charge is -2.31. The van der Waals surface area contributed by atoms with Gasteiger partial charge in [-0.1, -0.05) is 12.1 Å². The summed E-state index contributed by atoms with van der Waals surface area (Å²) >= 11 is 0. The van der Waals surface area contributed by atoms with Gasteiger partial charge in [0.05, 0.1) is 6.54 Å². The molecule has 1 aliphatic rings. The molecule has 5 nitrogen and oxygen atoms in total. The molecule has 100 valence electrons. The quantitative estimate of drug-likeness (QED) is 0.800. The molecule has 0 radical (unpaired) electrons. The van der Waals surface area contributed by atoms with E-state index < -0.39 is 0 Å². The lowest BCUT2D eigenvalue weighted by atomic mass is 10.1. The number of Topliss-reactive ketones (excluding diaryl/α,β-unsaturated/α-hetero) is 1. The molecule has 1 saturated heterocycles. The van der Waals surface area contributed by atoms with Crippen LogP contribution in [0.15, 0.2) is 24.3 Å². The molecule has 1 aromatic rings. The number of carbonyl (C=O) groups is 3. The standard InChI is InChI=1S/C14H16N2O3/c1-10(17)6-11-4-3-5-12(7-11)16-9-13(18)15(2)8-14(16)19/h3-5,7H,6,8-9H2,1-2H3. The molecule has 1 aromatic carbocycles. The maximum Gasteiger partial charge on any atom is 0.247 e. The highest BCUT2D eigenvalue weighted by atomic mass is 16.2. The number of anilines is 1. The summed E-state index contributed by atoms with van der Waals surface area (Å²) in [7, 11) is 1.61. The Morgan fingerprint density at radius 1 is 1.21 bits per heavy atom. The number of ketones is 1. The maximum atomic E-state index is 11.9. The third-order valence-electron chi connectivity index (χ3n) is 3.07. The van der Waals surface area contributed by atoms with Crippen molar-refractivity contribution in [3.63, 3.8) is 0 Å². The monoisotopic (exact) mass is 260 g/mol. The summed E-state index contributed by atoms with van der Waals surface area (Å²) < 4.78 is 0. The molecule has 0 bridgehead atoms. The van der Waals surface area contributed by atoms with E-state index in [1.54, 1.807) is 25.2 Å². The number of hydrogen-bond acceptors (Lipinski definition) is 3. The molecular formula is C14H16N2O3. The lowest BCUT2D eigenvalue weighted by molar-refractivity contribution is -0.136. The Hall–Kier alpha value is -2.17. The van der Waals surface area contributed by atoms with Crippen molar-refractivity contribution in [1.82, 2.24) is 4.90 Å². The normalized spacial score (nSPS) is 15.9. The molecule has 1 heterocycles. The van der Waals surface area contributed by atoms with Gasteiger partial charge in [-0.25, -0.2) is 0 Å². The first-order chi connectivity index (χ1) is 8.97. The molecule has 1 fully saturated rings. The van der Waals surface area contributed by atoms with Crippen molar-refractivity contribution in [2.45, 2.75) is 13.3 Å². The number of nitrogens with zero attached hydrogens (tertiary/aromatic N) is 2. The smallest absolute Gasteiger partial charge is 0.247 e. The van der Waals surface area contributed by atoms with Gasteiger partial charge in [0.1, 0.15) is 12.3 Å². The van der Waals surface area contributed by atoms with Gasteiger partial charge < -0.3 is 9.80 Å². The highest BCUT2D eigenvalue weighted by Crippen LogP contribution is 2.19. The average Bonchev–Trinajstić information content (AvgIpc) is 2.33. The zero-order valence-corrected chi connectivity index (χ0v) is 11.0. The van der Waals surface area contributed by atoms with Crippen molar-refractivity contribution in [1.29, 1.82) is 0 Å². The van der Waals surface area contributed by atoms with Gasteiger partial charge in [0.25, 0.3) is 0 Å². The van der Waals surface area contributed by atoms with Crippen LogP contribution >= 0.6 is 0 Å². The Morgan fingerprint density at radius 2 is 1.95 bits per heavy atom. The van der Waals surface area contributed by atoms with Crippen LogP contribution in [0.2, 0.25) is 0 Å². The molecule has 2 rings (SSSR count). The molecule has 5 heteroatoms. The largest absolute Gasteiger partial charge is 0.335 e. The van der Waals surface area contributed by atoms with E-state index in [1.807, 2.05) is 6.07 Å². The maximum absolute atomic E-state index is 11.9. The van der Waals surface area contributed by atoms with Gasteiger partial charge in [0, 0.05) is 19.2 Å². The summed E-state index contributed by atoms with van der Waals surface area (Å²) in [4.78, 5) is 37.6. The second-order valence-corrected chi connectivity index (χ2v) is 4.78. The Kier molecular flexibility index (Phi) is 3.64. The summed E-state index contributed by atoms with van der Waals surface area (Å²) in [5.74, 6) is -0.128. The number of rotatable bonds is 3. The Labute approximate surface area is 111 Å². The van der Waals surface area contributed by atoms with Crippen molar-refractivity contribution >= 4 is 23.3 Å². The van der Waals surface area contributed by atoms with Crippen LogP contribution in [0, 0.1) is 0 Å². The number of piperazine rings is 1. The Balaban J connectivity index is 2.23. The minimum atomic E-state index is -0.109. The molecular weight excluding hydrogens is 244 g/mol. The Bertz CT molecular complexity index is 539. The molecule has 0 aromatic heterocycles. The van der Waals surface area contributed by atoms with E-state index >= 15 is 0 Å². The fourth-order valence-corrected chi connectivity index (χ4v) is 2.08. The highest BCUT2D eigenvalue weighted by Gasteiger charge is 2.28. The predicted molar refractivity (Wildman–Crippen MR) is 70.8 cm³/mol. The molecule has 0 unspecified atom stereocenters. The average molecular weight is 260 g/mol. The summed E-state index contributed by atoms with van der Waals surface area (Å²) in [5, 5.41) is 0. The third-order valence-corrected chi connectivity index (χ3v) is 3.07. The van der Waals surface area contributed by atoms with E-state index in [0.29, 0.717) is 12.1 Å². The van der Waals surface area contributed by atoms with Crippen molar-refractivity contribution < 1.29 is 14.4 Å². The molecule has 19 heavy (non-hydrogen) atoms. The van der Waals surface area contributed by atoms with Gasteiger partial charge in [0.2, 0.25) is 11.8 Å². The van der Waals surface area contributed by atoms with Crippen molar-refractivity contribution in [3.8, 4) is 0 Å². The van der Waals surface area contributed by atoms with E-state index in [9.17, 15) is 14.4 Å². The van der Waals surface area contributed by atoms with Gasteiger partial charge in [-0.05, 0) is 24.6 Å². The van der Waals surface area contributed by atoms with Crippen LogP contribution in [0.5, 0.6) is 0 Å². The first-order valence-electron chi connectivity index (χ1n) is 6.10. The molecule has 1 aliphatic heterocycles. The van der Waals surface area contributed by atoms with Crippen LogP contribution < -0.4 is 4.90 Å². The van der Waals surface area contributed by atoms with Crippen LogP contribution in [0.25, 0.3) is 0 Å². The van der Waals surface area contributed by atoms with Crippen molar-refractivity contribution in [3.05, 3.63) is 29.8 Å². The van der Waals surface area contributed by atoms with E-state index in [-0.39, 0.29) is 30.7 Å². The number of benzene rings is 1. The fraction of sp³-hybridized carbons (Fsp3) is 0.357. The topological polar surface area (TPSA) is 57.7 Å². The van der Waals surface area contributed by atoms with Crippen LogP contribution in [-0.2, 0) is 20.8 Å². The van der Waals surface area contributed by atoms with Crippen LogP contribution in [0.4, 0.5) is 5.69 Å². The third kappa shape index (κ3) is 2.99. The van der Waals surface area contributed by atoms with Crippen LogP contribution in [0.3, 0.4) is 0 Å². The Morgan fingerprint density at radius 3 is 2.63 bits per heavy atom. The SMILES string of the molecule is CC(=O)Cc1cccc(N2CC(=O)N(C)CC2=O)c1. The first kappa shape index (κ1) is 13.3. The van der Waals surface area contributed by atoms with E-state index in [0.717, 1.165) is 5.56 Å². The minimum Gasteiger partial charge on any atom is -0.335 e. The van der Waals surface area contributed by atoms with E-state index in [1.165, 1.54) is 16.7 Å². The number of carbonyl (C=O) groups excluding carboxylic acids is 3. The highest BCUT2D eigenvalue weighted by molar-refractivity contribution is 6.04. The van der Waals surface area contributed by atoms with Crippen LogP contribution in [0.1, 0.15) is 12.5 Å². The van der Waals surface area contributed by atoms with E-state index in [2.05, 4.69) is 0 Å². The summed E-state index contributed by atoms with van der Waals surface area (Å²) in [6.45, 7) is 1.67. The summed E-state index contributed by atoms with van der Waals surface area (Å²) in [6.07, 6.45) is 0.337. The van der Waals surface area contributed by atoms with E-state index in [4.69, 9.17) is 0 Å². The van der Waals surface area contributed by atoms with Gasteiger partial charge in [-0.3, -0.25) is 14.4 Å². The second kappa shape index (κ2) is 5.22. The minimum absolute atomic E-state index is 0.0544. The molecule has 0 N–H and O–H groups in total. The number of likely N-dealkylation sites (N-methyl/N-ethyl adjacent to an activating group) is 1. The zero-order valence-electron chi connectivity index (χ0n) is 11.0. The molecule has 0 atom stereocenters. The molecule has 0 aliphatic carbocycles. The molecule has 2 amide bonds. The lowest BCUT2D eigenvalue weighted by Crippen LogP contribution is -2.52. The van der Waals surface area contributed by atoms with Crippen molar-refractivity contribution in [2.24, 2.45) is 0 Å². The van der Waals surface area contributed by atoms with Gasteiger partial charge in [-0.2, -0.15) is 0 Å². The summed E-state index contributed by atoms with van der Waals surface area (Å²) in [6, 6.07) is 7.20. The van der Waals surface area contributed by atoms with Gasteiger partial charge in [-0.15, -0.1) is 0 Å². The van der Waals surface area contributed by atoms with Gasteiger partial charge >= 0.3 is 0 Å². The zero-order chi connectivity index (χ0) is 14.0. The fourth-order valence-electron chi connectivity index (χ4n) is 2.08. The van der Waals surface area contributed by atoms with Gasteiger partial charge in [0.15, 0.2) is 0 Å². The summed E-state index contributed by atoms with van der Waals surface area (Å²) in [5.41, 5.74) is 1.52. The molecule has 0 saturated carbocycles. The molecule has 0 spiro atoms. The number of hydrogen-bond donors (Lipinski definition) is 0. The van der Waals surface area contributed by atoms with Crippen LogP contribution in [-0.4, -0.2) is 42.6 Å².